The summed E-state index contributed by atoms with van der Waals surface area (Å²) in [5.74, 6) is 0.187. The summed E-state index contributed by atoms with van der Waals surface area (Å²) in [5.41, 5.74) is 1.04. The topological polar surface area (TPSA) is 68.7 Å². The Balaban J connectivity index is 1.46. The molecule has 0 fully saturated rings. The van der Waals surface area contributed by atoms with Gasteiger partial charge in [-0.15, -0.1) is 0 Å². The van der Waals surface area contributed by atoms with Gasteiger partial charge in [0.05, 0.1) is 13.2 Å². The first-order valence-electron chi connectivity index (χ1n) is 8.17. The second-order valence-electron chi connectivity index (χ2n) is 5.54. The van der Waals surface area contributed by atoms with E-state index in [4.69, 9.17) is 14.6 Å². The average Bonchev–Trinajstić information content (AvgIpc) is 2.65. The summed E-state index contributed by atoms with van der Waals surface area (Å²) in [4.78, 5) is 15.5. The fraction of sp³-hybridized carbons (Fsp3) is 0.200. The lowest BCUT2D eigenvalue weighted by Gasteiger charge is -2.10. The van der Waals surface area contributed by atoms with Crippen molar-refractivity contribution in [2.75, 3.05) is 13.2 Å². The third-order valence-corrected chi connectivity index (χ3v) is 3.77. The molecule has 0 amide bonds. The number of benzene rings is 2. The molecule has 128 valence electrons. The molecule has 0 atom stereocenters. The van der Waals surface area contributed by atoms with Gasteiger partial charge in [-0.3, -0.25) is 4.98 Å². The largest absolute Gasteiger partial charge is 0.493 e. The first-order valence-corrected chi connectivity index (χ1v) is 8.17. The number of carboxylic acid groups (broad SMARTS) is 1. The summed E-state index contributed by atoms with van der Waals surface area (Å²) in [6, 6.07) is 16.4. The number of carbonyl (C=O) groups is 1. The SMILES string of the molecule is O=C(O)c1ccccc1OCCCCOc1cccc2cccnc12. The molecule has 0 aliphatic rings. The van der Waals surface area contributed by atoms with Crippen molar-refractivity contribution < 1.29 is 19.4 Å². The fourth-order valence-electron chi connectivity index (χ4n) is 2.53. The number of unbranched alkanes of at least 4 members (excludes halogenated alkanes) is 1. The highest BCUT2D eigenvalue weighted by atomic mass is 16.5. The van der Waals surface area contributed by atoms with E-state index in [1.807, 2.05) is 30.3 Å². The van der Waals surface area contributed by atoms with Gasteiger partial charge < -0.3 is 14.6 Å². The van der Waals surface area contributed by atoms with E-state index in [0.29, 0.717) is 19.0 Å². The highest BCUT2D eigenvalue weighted by Crippen LogP contribution is 2.23. The lowest BCUT2D eigenvalue weighted by molar-refractivity contribution is 0.0692. The van der Waals surface area contributed by atoms with E-state index in [-0.39, 0.29) is 5.56 Å². The molecular weight excluding hydrogens is 318 g/mol. The number of ether oxygens (including phenoxy) is 2. The van der Waals surface area contributed by atoms with Crippen LogP contribution in [0.25, 0.3) is 10.9 Å². The van der Waals surface area contributed by atoms with E-state index in [9.17, 15) is 4.79 Å². The van der Waals surface area contributed by atoms with Crippen molar-refractivity contribution in [2.45, 2.75) is 12.8 Å². The van der Waals surface area contributed by atoms with Crippen molar-refractivity contribution >= 4 is 16.9 Å². The monoisotopic (exact) mass is 337 g/mol. The number of para-hydroxylation sites is 2. The second-order valence-corrected chi connectivity index (χ2v) is 5.54. The molecule has 0 saturated heterocycles. The zero-order chi connectivity index (χ0) is 17.5. The van der Waals surface area contributed by atoms with Crippen LogP contribution < -0.4 is 9.47 Å². The minimum atomic E-state index is -0.984. The van der Waals surface area contributed by atoms with Gasteiger partial charge in [-0.1, -0.05) is 30.3 Å². The Labute approximate surface area is 145 Å². The molecule has 0 spiro atoms. The first-order chi connectivity index (χ1) is 12.3. The smallest absolute Gasteiger partial charge is 0.339 e. The predicted octanol–water partition coefficient (Wildman–Crippen LogP) is 4.17. The predicted molar refractivity (Wildman–Crippen MR) is 95.4 cm³/mol. The van der Waals surface area contributed by atoms with Crippen LogP contribution in [0.15, 0.2) is 60.8 Å². The molecule has 0 aliphatic carbocycles. The van der Waals surface area contributed by atoms with Crippen LogP contribution in [-0.4, -0.2) is 29.3 Å². The van der Waals surface area contributed by atoms with Gasteiger partial charge in [0.15, 0.2) is 0 Å². The van der Waals surface area contributed by atoms with E-state index >= 15 is 0 Å². The average molecular weight is 337 g/mol. The van der Waals surface area contributed by atoms with E-state index in [1.54, 1.807) is 24.4 Å². The number of hydrogen-bond donors (Lipinski definition) is 1. The summed E-state index contributed by atoms with van der Waals surface area (Å²) in [6.45, 7) is 1.00. The minimum Gasteiger partial charge on any atom is -0.493 e. The van der Waals surface area contributed by atoms with Crippen LogP contribution >= 0.6 is 0 Å². The number of aromatic carboxylic acids is 1. The lowest BCUT2D eigenvalue weighted by atomic mass is 10.2. The number of rotatable bonds is 8. The summed E-state index contributed by atoms with van der Waals surface area (Å²) >= 11 is 0. The Kier molecular flexibility index (Phi) is 5.46. The summed E-state index contributed by atoms with van der Waals surface area (Å²) < 4.78 is 11.4. The van der Waals surface area contributed by atoms with Crippen molar-refractivity contribution in [3.8, 4) is 11.5 Å². The fourth-order valence-corrected chi connectivity index (χ4v) is 2.53. The molecule has 5 nitrogen and oxygen atoms in total. The lowest BCUT2D eigenvalue weighted by Crippen LogP contribution is -2.06. The van der Waals surface area contributed by atoms with Gasteiger partial charge >= 0.3 is 5.97 Å². The van der Waals surface area contributed by atoms with E-state index < -0.39 is 5.97 Å². The van der Waals surface area contributed by atoms with Gasteiger partial charge in [0, 0.05) is 11.6 Å². The molecule has 25 heavy (non-hydrogen) atoms. The van der Waals surface area contributed by atoms with Gasteiger partial charge in [-0.05, 0) is 37.1 Å². The van der Waals surface area contributed by atoms with E-state index in [1.165, 1.54) is 6.07 Å². The highest BCUT2D eigenvalue weighted by molar-refractivity contribution is 5.90. The van der Waals surface area contributed by atoms with Crippen LogP contribution in [0.2, 0.25) is 0 Å². The van der Waals surface area contributed by atoms with Gasteiger partial charge in [0.1, 0.15) is 22.6 Å². The molecule has 3 rings (SSSR count). The molecule has 0 saturated carbocycles. The van der Waals surface area contributed by atoms with Crippen molar-refractivity contribution in [3.05, 3.63) is 66.4 Å². The maximum Gasteiger partial charge on any atom is 0.339 e. The molecule has 5 heteroatoms. The molecule has 0 radical (unpaired) electrons. The number of pyridine rings is 1. The third-order valence-electron chi connectivity index (χ3n) is 3.77. The van der Waals surface area contributed by atoms with Crippen LogP contribution in [0, 0.1) is 0 Å². The van der Waals surface area contributed by atoms with E-state index in [2.05, 4.69) is 4.98 Å². The van der Waals surface area contributed by atoms with Crippen molar-refractivity contribution in [1.82, 2.24) is 4.98 Å². The molecule has 2 aromatic carbocycles. The molecule has 0 aliphatic heterocycles. The number of hydrogen-bond acceptors (Lipinski definition) is 4. The van der Waals surface area contributed by atoms with Gasteiger partial charge in [0.25, 0.3) is 0 Å². The zero-order valence-corrected chi connectivity index (χ0v) is 13.7. The van der Waals surface area contributed by atoms with Crippen LogP contribution in [0.3, 0.4) is 0 Å². The highest BCUT2D eigenvalue weighted by Gasteiger charge is 2.09. The maximum atomic E-state index is 11.1. The Morgan fingerprint density at radius 3 is 2.36 bits per heavy atom. The van der Waals surface area contributed by atoms with Gasteiger partial charge in [-0.25, -0.2) is 4.79 Å². The van der Waals surface area contributed by atoms with Crippen molar-refractivity contribution in [2.24, 2.45) is 0 Å². The Hall–Kier alpha value is -3.08. The second kappa shape index (κ2) is 8.15. The Bertz CT molecular complexity index is 858. The molecule has 1 heterocycles. The number of fused-ring (bicyclic) bond motifs is 1. The van der Waals surface area contributed by atoms with Crippen LogP contribution in [0.5, 0.6) is 11.5 Å². The standard InChI is InChI=1S/C20H19NO4/c22-20(23)16-9-1-2-10-17(16)24-13-3-4-14-25-18-11-5-7-15-8-6-12-21-19(15)18/h1-2,5-12H,3-4,13-14H2,(H,22,23). The zero-order valence-electron chi connectivity index (χ0n) is 13.7. The van der Waals surface area contributed by atoms with E-state index in [0.717, 1.165) is 29.5 Å². The normalized spacial score (nSPS) is 10.6. The number of nitrogens with zero attached hydrogens (tertiary/aromatic N) is 1. The maximum absolute atomic E-state index is 11.1. The van der Waals surface area contributed by atoms with Crippen LogP contribution in [0.4, 0.5) is 0 Å². The molecule has 1 N–H and O–H groups in total. The summed E-state index contributed by atoms with van der Waals surface area (Å²) in [6.07, 6.45) is 3.33. The quantitative estimate of drug-likeness (QED) is 0.625. The molecular formula is C20H19NO4. The van der Waals surface area contributed by atoms with Crippen LogP contribution in [-0.2, 0) is 0 Å². The Morgan fingerprint density at radius 2 is 1.56 bits per heavy atom. The van der Waals surface area contributed by atoms with Gasteiger partial charge in [0.2, 0.25) is 0 Å². The van der Waals surface area contributed by atoms with Gasteiger partial charge in [-0.2, -0.15) is 0 Å². The van der Waals surface area contributed by atoms with Crippen LogP contribution in [0.1, 0.15) is 23.2 Å². The van der Waals surface area contributed by atoms with Crippen molar-refractivity contribution in [3.63, 3.8) is 0 Å². The minimum absolute atomic E-state index is 0.181. The Morgan fingerprint density at radius 1 is 0.880 bits per heavy atom. The number of carboxylic acids is 1. The molecule has 1 aromatic heterocycles. The third kappa shape index (κ3) is 4.26. The first kappa shape index (κ1) is 16.8. The molecule has 3 aromatic rings. The molecule has 0 bridgehead atoms. The summed E-state index contributed by atoms with van der Waals surface area (Å²) in [7, 11) is 0. The van der Waals surface area contributed by atoms with Crippen molar-refractivity contribution in [1.29, 1.82) is 0 Å². The summed E-state index contributed by atoms with van der Waals surface area (Å²) in [5, 5.41) is 10.2. The molecule has 0 unspecified atom stereocenters. The number of aromatic nitrogens is 1.